The minimum absolute atomic E-state index is 0.122. The lowest BCUT2D eigenvalue weighted by molar-refractivity contribution is 0.0981. The number of fused-ring (bicyclic) bond motifs is 1. The van der Waals surface area contributed by atoms with E-state index < -0.39 is 0 Å². The molecule has 0 atom stereocenters. The normalized spacial score (nSPS) is 14.3. The first kappa shape index (κ1) is 15.3. The summed E-state index contributed by atoms with van der Waals surface area (Å²) in [4.78, 5) is 26.2. The van der Waals surface area contributed by atoms with Gasteiger partial charge < -0.3 is 0 Å². The van der Waals surface area contributed by atoms with Crippen LogP contribution >= 0.6 is 35.0 Å². The summed E-state index contributed by atoms with van der Waals surface area (Å²) >= 11 is 13.2. The highest BCUT2D eigenvalue weighted by Crippen LogP contribution is 2.40. The average molecular weight is 349 g/mol. The van der Waals surface area contributed by atoms with Gasteiger partial charge in [-0.15, -0.1) is 0 Å². The molecule has 0 aliphatic heterocycles. The third-order valence-corrected chi connectivity index (χ3v) is 5.34. The average Bonchev–Trinajstić information content (AvgIpc) is 2.51. The van der Waals surface area contributed by atoms with Gasteiger partial charge in [-0.25, -0.2) is 0 Å². The van der Waals surface area contributed by atoms with E-state index in [4.69, 9.17) is 23.2 Å². The molecule has 2 nitrogen and oxygen atoms in total. The van der Waals surface area contributed by atoms with E-state index in [9.17, 15) is 9.59 Å². The van der Waals surface area contributed by atoms with E-state index in [1.807, 2.05) is 0 Å². The minimum Gasteiger partial charge on any atom is -0.289 e. The van der Waals surface area contributed by atoms with E-state index in [1.54, 1.807) is 49.4 Å². The van der Waals surface area contributed by atoms with Crippen LogP contribution in [-0.4, -0.2) is 11.6 Å². The fourth-order valence-corrected chi connectivity index (χ4v) is 3.75. The molecule has 2 aromatic carbocycles. The maximum atomic E-state index is 12.7. The van der Waals surface area contributed by atoms with Crippen LogP contribution in [0, 0.1) is 0 Å². The second-order valence-corrected chi connectivity index (χ2v) is 6.73. The maximum absolute atomic E-state index is 12.7. The number of hydrogen-bond donors (Lipinski definition) is 0. The lowest BCUT2D eigenvalue weighted by Gasteiger charge is -2.18. The first-order valence-corrected chi connectivity index (χ1v) is 8.08. The SMILES string of the molecule is CC1=C(Sc2ccc(Cl)cc2Cl)C(=O)c2ccccc2C1=O. The first-order chi connectivity index (χ1) is 10.5. The topological polar surface area (TPSA) is 34.1 Å². The van der Waals surface area contributed by atoms with Crippen LogP contribution in [0.2, 0.25) is 10.0 Å². The van der Waals surface area contributed by atoms with Crippen molar-refractivity contribution in [3.63, 3.8) is 0 Å². The molecule has 0 saturated carbocycles. The van der Waals surface area contributed by atoms with Crippen LogP contribution in [0.15, 0.2) is 57.8 Å². The number of allylic oxidation sites excluding steroid dienone is 2. The van der Waals surface area contributed by atoms with Gasteiger partial charge >= 0.3 is 0 Å². The summed E-state index contributed by atoms with van der Waals surface area (Å²) in [5.74, 6) is -0.272. The predicted octanol–water partition coefficient (Wildman–Crippen LogP) is 5.44. The Labute approximate surface area is 142 Å². The van der Waals surface area contributed by atoms with Crippen molar-refractivity contribution >= 4 is 46.5 Å². The lowest BCUT2D eigenvalue weighted by Crippen LogP contribution is -2.19. The van der Waals surface area contributed by atoms with Crippen molar-refractivity contribution in [1.29, 1.82) is 0 Å². The Kier molecular flexibility index (Phi) is 4.13. The predicted molar refractivity (Wildman–Crippen MR) is 90.1 cm³/mol. The van der Waals surface area contributed by atoms with Crippen molar-refractivity contribution < 1.29 is 9.59 Å². The van der Waals surface area contributed by atoms with Gasteiger partial charge in [-0.1, -0.05) is 59.2 Å². The zero-order valence-electron chi connectivity index (χ0n) is 11.5. The molecule has 2 aromatic rings. The summed E-state index contributed by atoms with van der Waals surface area (Å²) in [7, 11) is 0. The zero-order chi connectivity index (χ0) is 15.9. The molecule has 5 heteroatoms. The second-order valence-electron chi connectivity index (χ2n) is 4.83. The summed E-state index contributed by atoms with van der Waals surface area (Å²) in [6.07, 6.45) is 0. The number of halogens is 2. The van der Waals surface area contributed by atoms with Crippen molar-refractivity contribution in [3.05, 3.63) is 74.1 Å². The monoisotopic (exact) mass is 348 g/mol. The van der Waals surface area contributed by atoms with Gasteiger partial charge in [0.2, 0.25) is 5.78 Å². The smallest absolute Gasteiger partial charge is 0.200 e. The summed E-state index contributed by atoms with van der Waals surface area (Å²) in [5.41, 5.74) is 1.34. The van der Waals surface area contributed by atoms with E-state index in [-0.39, 0.29) is 11.6 Å². The third-order valence-electron chi connectivity index (χ3n) is 3.41. The molecular formula is C17H10Cl2O2S. The fraction of sp³-hybridized carbons (Fsp3) is 0.0588. The van der Waals surface area contributed by atoms with Gasteiger partial charge in [0.25, 0.3) is 0 Å². The molecule has 1 aliphatic carbocycles. The fourth-order valence-electron chi connectivity index (χ4n) is 2.27. The molecule has 110 valence electrons. The molecule has 0 spiro atoms. The van der Waals surface area contributed by atoms with Crippen LogP contribution < -0.4 is 0 Å². The van der Waals surface area contributed by atoms with Gasteiger partial charge in [0, 0.05) is 26.6 Å². The van der Waals surface area contributed by atoms with E-state index in [0.29, 0.717) is 36.5 Å². The number of carbonyl (C=O) groups is 2. The molecule has 0 heterocycles. The number of ketones is 2. The van der Waals surface area contributed by atoms with Gasteiger partial charge in [-0.2, -0.15) is 0 Å². The van der Waals surface area contributed by atoms with Crippen molar-refractivity contribution in [1.82, 2.24) is 0 Å². The molecule has 1 aliphatic rings. The van der Waals surface area contributed by atoms with Crippen molar-refractivity contribution in [2.24, 2.45) is 0 Å². The largest absolute Gasteiger partial charge is 0.289 e. The van der Waals surface area contributed by atoms with Crippen molar-refractivity contribution in [2.45, 2.75) is 11.8 Å². The molecule has 0 amide bonds. The Hall–Kier alpha value is -1.55. The van der Waals surface area contributed by atoms with Gasteiger partial charge in [-0.3, -0.25) is 9.59 Å². The van der Waals surface area contributed by atoms with Crippen LogP contribution in [0.5, 0.6) is 0 Å². The number of thioether (sulfide) groups is 1. The Morgan fingerprint density at radius 3 is 2.18 bits per heavy atom. The highest BCUT2D eigenvalue weighted by Gasteiger charge is 2.30. The second kappa shape index (κ2) is 5.92. The van der Waals surface area contributed by atoms with Crippen molar-refractivity contribution in [3.8, 4) is 0 Å². The first-order valence-electron chi connectivity index (χ1n) is 6.51. The lowest BCUT2D eigenvalue weighted by atomic mass is 9.90. The summed E-state index contributed by atoms with van der Waals surface area (Å²) in [5, 5.41) is 0.980. The summed E-state index contributed by atoms with van der Waals surface area (Å²) in [6.45, 7) is 1.67. The molecule has 0 bridgehead atoms. The summed E-state index contributed by atoms with van der Waals surface area (Å²) < 4.78 is 0. The van der Waals surface area contributed by atoms with E-state index in [1.165, 1.54) is 11.8 Å². The third kappa shape index (κ3) is 2.60. The van der Waals surface area contributed by atoms with Crippen LogP contribution in [0.1, 0.15) is 27.6 Å². The van der Waals surface area contributed by atoms with Crippen LogP contribution in [0.25, 0.3) is 0 Å². The van der Waals surface area contributed by atoms with Gasteiger partial charge in [0.05, 0.1) is 9.93 Å². The van der Waals surface area contributed by atoms with E-state index in [0.717, 1.165) is 0 Å². The minimum atomic E-state index is -0.149. The number of carbonyl (C=O) groups excluding carboxylic acids is 2. The standard InChI is InChI=1S/C17H10Cl2O2S/c1-9-15(20)11-4-2-3-5-12(11)16(21)17(9)22-14-7-6-10(18)8-13(14)19/h2-8H,1H3. The molecule has 0 radical (unpaired) electrons. The molecule has 22 heavy (non-hydrogen) atoms. The number of Topliss-reactive ketones (excluding diaryl/α,β-unsaturated/α-hetero) is 2. The van der Waals surface area contributed by atoms with Gasteiger partial charge in [-0.05, 0) is 25.1 Å². The molecular weight excluding hydrogens is 339 g/mol. The Bertz CT molecular complexity index is 840. The Morgan fingerprint density at radius 2 is 1.55 bits per heavy atom. The zero-order valence-corrected chi connectivity index (χ0v) is 13.9. The van der Waals surface area contributed by atoms with Crippen molar-refractivity contribution in [2.75, 3.05) is 0 Å². The molecule has 0 fully saturated rings. The van der Waals surface area contributed by atoms with Gasteiger partial charge in [0.1, 0.15) is 0 Å². The molecule has 0 aromatic heterocycles. The van der Waals surface area contributed by atoms with Crippen LogP contribution in [0.3, 0.4) is 0 Å². The molecule has 0 N–H and O–H groups in total. The Balaban J connectivity index is 2.05. The van der Waals surface area contributed by atoms with Gasteiger partial charge in [0.15, 0.2) is 5.78 Å². The molecule has 0 saturated heterocycles. The van der Waals surface area contributed by atoms with Crippen LogP contribution in [0.4, 0.5) is 0 Å². The quantitative estimate of drug-likeness (QED) is 0.724. The highest BCUT2D eigenvalue weighted by molar-refractivity contribution is 8.04. The molecule has 0 unspecified atom stereocenters. The Morgan fingerprint density at radius 1 is 0.909 bits per heavy atom. The number of hydrogen-bond acceptors (Lipinski definition) is 3. The summed E-state index contributed by atoms with van der Waals surface area (Å²) in [6, 6.07) is 11.9. The maximum Gasteiger partial charge on any atom is 0.200 e. The van der Waals surface area contributed by atoms with E-state index >= 15 is 0 Å². The van der Waals surface area contributed by atoms with E-state index in [2.05, 4.69) is 0 Å². The highest BCUT2D eigenvalue weighted by atomic mass is 35.5. The number of benzene rings is 2. The number of rotatable bonds is 2. The van der Waals surface area contributed by atoms with Crippen LogP contribution in [-0.2, 0) is 0 Å². The molecule has 3 rings (SSSR count).